The molecular weight excluding hydrogens is 536 g/mol. The molecule has 3 fully saturated rings. The Hall–Kier alpha value is -2.61. The second-order valence-electron chi connectivity index (χ2n) is 16.3. The van der Waals surface area contributed by atoms with Crippen LogP contribution in [0.2, 0.25) is 0 Å². The van der Waals surface area contributed by atoms with Gasteiger partial charge in [-0.15, -0.1) is 0 Å². The maximum atomic E-state index is 13.7. The van der Waals surface area contributed by atoms with E-state index in [-0.39, 0.29) is 17.5 Å². The first-order valence-electron chi connectivity index (χ1n) is 18.0. The predicted molar refractivity (Wildman–Crippen MR) is 184 cm³/mol. The summed E-state index contributed by atoms with van der Waals surface area (Å²) in [7, 11) is 0. The summed E-state index contributed by atoms with van der Waals surface area (Å²) < 4.78 is 6.36. The van der Waals surface area contributed by atoms with Crippen LogP contribution in [0.5, 0.6) is 0 Å². The Morgan fingerprint density at radius 2 is 1.61 bits per heavy atom. The van der Waals surface area contributed by atoms with Gasteiger partial charge in [0.25, 0.3) is 0 Å². The Bertz CT molecular complexity index is 1560. The maximum absolute atomic E-state index is 13.7. The van der Waals surface area contributed by atoms with E-state index in [1.165, 1.54) is 56.8 Å². The van der Waals surface area contributed by atoms with E-state index in [1.54, 1.807) is 5.57 Å². The molecule has 2 nitrogen and oxygen atoms in total. The number of rotatable bonds is 7. The predicted octanol–water partition coefficient (Wildman–Crippen LogP) is 11.6. The van der Waals surface area contributed by atoms with Crippen molar-refractivity contribution >= 4 is 27.5 Å². The standard InChI is InChI=1S/C42H54O2/c1-27(2)11-10-12-28(3)37-19-20-38-35-18-17-30-26-31(21-23-41(30,4)39(35)22-24-42(37,38)5)44-40(43)36-25-29-13-6-7-14-32(29)33-15-8-9-16-34(33)36/h6-9,13-17,25,27-28,31,35,37-39H,10-12,18-24,26H2,1-5H3/t28-,31+,35+,37-,38+,39+,41+,42-/m1/s1. The quantitative estimate of drug-likeness (QED) is 0.155. The number of hydrogen-bond donors (Lipinski definition) is 0. The van der Waals surface area contributed by atoms with E-state index in [0.717, 1.165) is 70.9 Å². The minimum absolute atomic E-state index is 0.0278. The number of carbonyl (C=O) groups excluding carboxylic acids is 1. The third kappa shape index (κ3) is 5.03. The van der Waals surface area contributed by atoms with Crippen molar-refractivity contribution in [3.63, 3.8) is 0 Å². The molecule has 8 atom stereocenters. The summed E-state index contributed by atoms with van der Waals surface area (Å²) in [4.78, 5) is 13.7. The van der Waals surface area contributed by atoms with Crippen LogP contribution in [0.3, 0.4) is 0 Å². The van der Waals surface area contributed by atoms with Gasteiger partial charge in [-0.3, -0.25) is 0 Å². The molecule has 0 radical (unpaired) electrons. The molecule has 3 saturated carbocycles. The molecule has 0 aromatic heterocycles. The molecule has 0 heterocycles. The number of benzene rings is 3. The van der Waals surface area contributed by atoms with E-state index in [9.17, 15) is 4.79 Å². The summed E-state index contributed by atoms with van der Waals surface area (Å²) in [5, 5.41) is 4.40. The summed E-state index contributed by atoms with van der Waals surface area (Å²) in [6.45, 7) is 12.6. The molecule has 0 saturated heterocycles. The van der Waals surface area contributed by atoms with Crippen LogP contribution in [0.1, 0.15) is 116 Å². The fourth-order valence-corrected chi connectivity index (χ4v) is 11.2. The van der Waals surface area contributed by atoms with Gasteiger partial charge >= 0.3 is 5.97 Å². The largest absolute Gasteiger partial charge is 0.458 e. The molecule has 0 aliphatic heterocycles. The van der Waals surface area contributed by atoms with Crippen LogP contribution in [0.4, 0.5) is 0 Å². The zero-order valence-electron chi connectivity index (χ0n) is 27.9. The normalized spacial score (nSPS) is 33.9. The topological polar surface area (TPSA) is 26.3 Å². The van der Waals surface area contributed by atoms with Crippen molar-refractivity contribution in [2.45, 2.75) is 111 Å². The lowest BCUT2D eigenvalue weighted by molar-refractivity contribution is -0.0594. The van der Waals surface area contributed by atoms with Crippen LogP contribution in [0.15, 0.2) is 66.2 Å². The fourth-order valence-electron chi connectivity index (χ4n) is 11.2. The second kappa shape index (κ2) is 11.6. The first-order chi connectivity index (χ1) is 21.2. The lowest BCUT2D eigenvalue weighted by atomic mass is 9.47. The van der Waals surface area contributed by atoms with Crippen molar-refractivity contribution in [3.05, 3.63) is 71.8 Å². The summed E-state index contributed by atoms with van der Waals surface area (Å²) in [6, 6.07) is 18.7. The van der Waals surface area contributed by atoms with E-state index < -0.39 is 0 Å². The van der Waals surface area contributed by atoms with Crippen LogP contribution in [0.25, 0.3) is 21.5 Å². The molecule has 0 spiro atoms. The van der Waals surface area contributed by atoms with E-state index in [2.05, 4.69) is 77.1 Å². The molecule has 234 valence electrons. The Labute approximate surface area is 266 Å². The van der Waals surface area contributed by atoms with Gasteiger partial charge in [0, 0.05) is 6.42 Å². The van der Waals surface area contributed by atoms with Gasteiger partial charge in [-0.2, -0.15) is 0 Å². The van der Waals surface area contributed by atoms with Gasteiger partial charge in [0.15, 0.2) is 0 Å². The highest BCUT2D eigenvalue weighted by Gasteiger charge is 2.59. The summed E-state index contributed by atoms with van der Waals surface area (Å²) >= 11 is 0. The zero-order chi connectivity index (χ0) is 30.6. The SMILES string of the molecule is CC(C)CCC[C@@H](C)[C@H]1CC[C@H]2[C@@H]3CC=C4C[C@@H](OC(=O)c5cc6ccccc6c6ccccc56)CC[C@]4(C)[C@H]3CC[C@]12C. The smallest absolute Gasteiger partial charge is 0.339 e. The first-order valence-corrected chi connectivity index (χ1v) is 18.0. The fraction of sp³-hybridized carbons (Fsp3) is 0.595. The first kappa shape index (κ1) is 30.1. The number of hydrogen-bond acceptors (Lipinski definition) is 2. The van der Waals surface area contributed by atoms with Gasteiger partial charge in [-0.1, -0.05) is 114 Å². The third-order valence-corrected chi connectivity index (χ3v) is 13.5. The third-order valence-electron chi connectivity index (χ3n) is 13.5. The van der Waals surface area contributed by atoms with Crippen molar-refractivity contribution in [1.29, 1.82) is 0 Å². The summed E-state index contributed by atoms with van der Waals surface area (Å²) in [5.41, 5.74) is 3.08. The number of ether oxygens (including phenoxy) is 1. The monoisotopic (exact) mass is 590 g/mol. The minimum atomic E-state index is -0.164. The molecular formula is C42H54O2. The molecule has 4 aliphatic rings. The highest BCUT2D eigenvalue weighted by atomic mass is 16.5. The molecule has 0 unspecified atom stereocenters. The Balaban J connectivity index is 1.06. The lowest BCUT2D eigenvalue weighted by Gasteiger charge is -2.58. The molecule has 3 aromatic carbocycles. The van der Waals surface area contributed by atoms with Crippen molar-refractivity contribution in [2.75, 3.05) is 0 Å². The van der Waals surface area contributed by atoms with Gasteiger partial charge in [0.2, 0.25) is 0 Å². The molecule has 0 bridgehead atoms. The van der Waals surface area contributed by atoms with E-state index >= 15 is 0 Å². The highest BCUT2D eigenvalue weighted by molar-refractivity contribution is 6.16. The van der Waals surface area contributed by atoms with Crippen molar-refractivity contribution in [1.82, 2.24) is 0 Å². The zero-order valence-corrected chi connectivity index (χ0v) is 27.9. The van der Waals surface area contributed by atoms with Crippen LogP contribution >= 0.6 is 0 Å². The van der Waals surface area contributed by atoms with Gasteiger partial charge in [-0.05, 0) is 119 Å². The Kier molecular flexibility index (Phi) is 7.95. The van der Waals surface area contributed by atoms with Crippen molar-refractivity contribution in [3.8, 4) is 0 Å². The second-order valence-corrected chi connectivity index (χ2v) is 16.3. The average molecular weight is 591 g/mol. The van der Waals surface area contributed by atoms with Gasteiger partial charge < -0.3 is 4.74 Å². The molecule has 0 N–H and O–H groups in total. The van der Waals surface area contributed by atoms with Crippen molar-refractivity contribution in [2.24, 2.45) is 46.3 Å². The Morgan fingerprint density at radius 1 is 0.864 bits per heavy atom. The van der Waals surface area contributed by atoms with Crippen LogP contribution in [-0.2, 0) is 4.74 Å². The average Bonchev–Trinajstić information content (AvgIpc) is 3.38. The lowest BCUT2D eigenvalue weighted by Crippen LogP contribution is -2.51. The van der Waals surface area contributed by atoms with E-state index in [4.69, 9.17) is 4.74 Å². The molecule has 2 heteroatoms. The number of allylic oxidation sites excluding steroid dienone is 1. The number of carbonyl (C=O) groups is 1. The van der Waals surface area contributed by atoms with Crippen LogP contribution < -0.4 is 0 Å². The van der Waals surface area contributed by atoms with Crippen LogP contribution in [0, 0.1) is 46.3 Å². The molecule has 4 aliphatic carbocycles. The van der Waals surface area contributed by atoms with E-state index in [0.29, 0.717) is 11.0 Å². The summed E-state index contributed by atoms with van der Waals surface area (Å²) in [5.74, 6) is 4.92. The molecule has 44 heavy (non-hydrogen) atoms. The minimum Gasteiger partial charge on any atom is -0.458 e. The molecule has 0 amide bonds. The summed E-state index contributed by atoms with van der Waals surface area (Å²) in [6.07, 6.45) is 16.7. The number of esters is 1. The van der Waals surface area contributed by atoms with Gasteiger partial charge in [0.1, 0.15) is 6.10 Å². The Morgan fingerprint density at radius 3 is 2.41 bits per heavy atom. The molecule has 3 aromatic rings. The molecule has 7 rings (SSSR count). The highest BCUT2D eigenvalue weighted by Crippen LogP contribution is 2.67. The van der Waals surface area contributed by atoms with E-state index in [1.807, 2.05) is 18.2 Å². The maximum Gasteiger partial charge on any atom is 0.339 e. The van der Waals surface area contributed by atoms with Gasteiger partial charge in [-0.25, -0.2) is 4.79 Å². The van der Waals surface area contributed by atoms with Crippen LogP contribution in [-0.4, -0.2) is 12.1 Å². The van der Waals surface area contributed by atoms with Crippen molar-refractivity contribution < 1.29 is 9.53 Å². The number of fused-ring (bicyclic) bond motifs is 8. The van der Waals surface area contributed by atoms with Gasteiger partial charge in [0.05, 0.1) is 5.56 Å².